The van der Waals surface area contributed by atoms with Gasteiger partial charge >= 0.3 is 0 Å². The minimum Gasteiger partial charge on any atom is -0.337 e. The van der Waals surface area contributed by atoms with Crippen molar-refractivity contribution in [2.24, 2.45) is 13.0 Å². The lowest BCUT2D eigenvalue weighted by molar-refractivity contribution is -0.120. The third kappa shape index (κ3) is 5.53. The number of sulfonamides is 1. The molecule has 2 aliphatic carbocycles. The Morgan fingerprint density at radius 1 is 1.07 bits per heavy atom. The second-order valence-electron chi connectivity index (χ2n) is 12.4. The molecule has 8 heteroatoms. The zero-order chi connectivity index (χ0) is 29.6. The topological polar surface area (TPSA) is 84.3 Å². The Labute approximate surface area is 248 Å². The summed E-state index contributed by atoms with van der Waals surface area (Å²) in [5.74, 6) is 0.956. The molecule has 1 fully saturated rings. The van der Waals surface area contributed by atoms with Gasteiger partial charge in [0.2, 0.25) is 15.9 Å². The predicted octanol–water partition coefficient (Wildman–Crippen LogP) is 6.16. The summed E-state index contributed by atoms with van der Waals surface area (Å²) in [6, 6.07) is 22.9. The summed E-state index contributed by atoms with van der Waals surface area (Å²) in [5, 5.41) is 0. The lowest BCUT2D eigenvalue weighted by Gasteiger charge is -2.38. The molecule has 42 heavy (non-hydrogen) atoms. The van der Waals surface area contributed by atoms with Crippen LogP contribution >= 0.6 is 0 Å². The van der Waals surface area contributed by atoms with Crippen LogP contribution in [0, 0.1) is 12.8 Å². The van der Waals surface area contributed by atoms with Gasteiger partial charge in [0.05, 0.1) is 11.4 Å². The van der Waals surface area contributed by atoms with E-state index in [0.717, 1.165) is 41.0 Å². The van der Waals surface area contributed by atoms with Crippen LogP contribution in [-0.2, 0) is 33.8 Å². The average molecular weight is 583 g/mol. The molecule has 3 atom stereocenters. The van der Waals surface area contributed by atoms with Crippen molar-refractivity contribution in [1.82, 2.24) is 14.3 Å². The van der Waals surface area contributed by atoms with Crippen LogP contribution in [0.2, 0.25) is 0 Å². The number of rotatable bonds is 8. The molecular formula is C34H38N4O3S. The Bertz CT molecular complexity index is 1730. The van der Waals surface area contributed by atoms with E-state index in [1.165, 1.54) is 5.56 Å². The molecule has 0 bridgehead atoms. The summed E-state index contributed by atoms with van der Waals surface area (Å²) in [7, 11) is -1.81. The maximum absolute atomic E-state index is 14.1. The van der Waals surface area contributed by atoms with E-state index in [0.29, 0.717) is 13.0 Å². The smallest absolute Gasteiger partial charge is 0.241 e. The second-order valence-corrected chi connectivity index (χ2v) is 14.1. The van der Waals surface area contributed by atoms with Crippen LogP contribution in [0.1, 0.15) is 73.1 Å². The van der Waals surface area contributed by atoms with Gasteiger partial charge in [-0.25, -0.2) is 18.1 Å². The number of hydrogen-bond acceptors (Lipinski definition) is 4. The van der Waals surface area contributed by atoms with E-state index in [1.807, 2.05) is 66.0 Å². The molecule has 0 saturated heterocycles. The fourth-order valence-corrected chi connectivity index (χ4v) is 7.66. The second kappa shape index (κ2) is 10.8. The Morgan fingerprint density at radius 3 is 2.57 bits per heavy atom. The van der Waals surface area contributed by atoms with Gasteiger partial charge in [-0.2, -0.15) is 0 Å². The molecule has 7 nitrogen and oxygen atoms in total. The van der Waals surface area contributed by atoms with Gasteiger partial charge in [-0.15, -0.1) is 0 Å². The normalized spacial score (nSPS) is 21.0. The Morgan fingerprint density at radius 2 is 1.86 bits per heavy atom. The summed E-state index contributed by atoms with van der Waals surface area (Å²) in [6.45, 7) is 6.62. The van der Waals surface area contributed by atoms with Crippen LogP contribution in [0.5, 0.6) is 0 Å². The highest BCUT2D eigenvalue weighted by molar-refractivity contribution is 7.89. The molecule has 0 aliphatic heterocycles. The number of amides is 1. The number of carbonyl (C=O) groups excluding carboxylic acids is 1. The summed E-state index contributed by atoms with van der Waals surface area (Å²) in [5.41, 5.74) is 4.74. The molecule has 6 rings (SSSR count). The molecule has 1 heterocycles. The first-order valence-electron chi connectivity index (χ1n) is 14.6. The number of anilines is 1. The van der Waals surface area contributed by atoms with E-state index in [2.05, 4.69) is 41.8 Å². The van der Waals surface area contributed by atoms with Crippen molar-refractivity contribution in [2.45, 2.75) is 68.8 Å². The molecule has 218 valence electrons. The van der Waals surface area contributed by atoms with Crippen molar-refractivity contribution < 1.29 is 13.2 Å². The first kappa shape index (κ1) is 28.4. The van der Waals surface area contributed by atoms with Gasteiger partial charge in [-0.1, -0.05) is 62.4 Å². The molecule has 1 amide bonds. The number of carbonyl (C=O) groups is 1. The van der Waals surface area contributed by atoms with Crippen LogP contribution in [0.3, 0.4) is 0 Å². The fraction of sp³-hybridized carbons (Fsp3) is 0.353. The van der Waals surface area contributed by atoms with E-state index >= 15 is 0 Å². The molecular weight excluding hydrogens is 544 g/mol. The minimum atomic E-state index is -3.74. The minimum absolute atomic E-state index is 0.0683. The van der Waals surface area contributed by atoms with E-state index in [9.17, 15) is 13.2 Å². The van der Waals surface area contributed by atoms with E-state index in [4.69, 9.17) is 0 Å². The number of aryl methyl sites for hydroxylation is 2. The average Bonchev–Trinajstić information content (AvgIpc) is 3.68. The predicted molar refractivity (Wildman–Crippen MR) is 165 cm³/mol. The van der Waals surface area contributed by atoms with Crippen LogP contribution < -0.4 is 9.62 Å². The van der Waals surface area contributed by atoms with Gasteiger partial charge in [0.25, 0.3) is 0 Å². The van der Waals surface area contributed by atoms with Crippen molar-refractivity contribution in [2.75, 3.05) is 4.90 Å². The molecule has 0 spiro atoms. The highest BCUT2D eigenvalue weighted by Crippen LogP contribution is 2.49. The van der Waals surface area contributed by atoms with Gasteiger partial charge in [-0.3, -0.25) is 4.79 Å². The molecule has 4 aromatic rings. The fourth-order valence-electron chi connectivity index (χ4n) is 6.30. The highest BCUT2D eigenvalue weighted by atomic mass is 32.2. The molecule has 3 aromatic carbocycles. The Balaban J connectivity index is 1.36. The third-order valence-corrected chi connectivity index (χ3v) is 10.4. The SMILES string of the molecule is Cc1cccc(S(=O)(=O)N[C@@H]2CCC(C)(C)c3ccc(N(Cc4nccn4C)C(=O)[C@@H]4C[C@@H]4c4ccccc4)cc32)c1. The molecule has 0 radical (unpaired) electrons. The van der Waals surface area contributed by atoms with E-state index < -0.39 is 16.1 Å². The van der Waals surface area contributed by atoms with Crippen molar-refractivity contribution >= 4 is 21.6 Å². The molecule has 2 aliphatic rings. The summed E-state index contributed by atoms with van der Waals surface area (Å²) in [4.78, 5) is 20.7. The number of fused-ring (bicyclic) bond motifs is 1. The van der Waals surface area contributed by atoms with Gasteiger partial charge in [-0.05, 0) is 84.0 Å². The molecule has 0 unspecified atom stereocenters. The first-order chi connectivity index (χ1) is 20.0. The van der Waals surface area contributed by atoms with Crippen molar-refractivity contribution in [1.29, 1.82) is 0 Å². The standard InChI is InChI=1S/C34H38N4O3S/c1-23-9-8-12-26(19-23)42(40,41)36-31-15-16-34(2,3)30-14-13-25(20-29(30)31)38(22-32-35-17-18-37(32)4)33(39)28-21-27(28)24-10-6-5-7-11-24/h5-14,17-20,27-28,31,36H,15-16,21-22H2,1-4H3/t27-,28-,31-/m1/s1. The number of hydrogen-bond donors (Lipinski definition) is 1. The monoisotopic (exact) mass is 582 g/mol. The maximum Gasteiger partial charge on any atom is 0.241 e. The third-order valence-electron chi connectivity index (χ3n) is 8.93. The Hall–Kier alpha value is -3.75. The van der Waals surface area contributed by atoms with Gasteiger partial charge in [0.1, 0.15) is 5.82 Å². The van der Waals surface area contributed by atoms with E-state index in [1.54, 1.807) is 24.4 Å². The lowest BCUT2D eigenvalue weighted by Crippen LogP contribution is -2.37. The van der Waals surface area contributed by atoms with Gasteiger partial charge in [0, 0.05) is 37.1 Å². The van der Waals surface area contributed by atoms with Gasteiger partial charge in [0.15, 0.2) is 0 Å². The summed E-state index contributed by atoms with van der Waals surface area (Å²) < 4.78 is 31.9. The van der Waals surface area contributed by atoms with Crippen molar-refractivity contribution in [3.05, 3.63) is 113 Å². The van der Waals surface area contributed by atoms with Gasteiger partial charge < -0.3 is 9.47 Å². The number of nitrogens with zero attached hydrogens (tertiary/aromatic N) is 3. The number of aromatic nitrogens is 2. The van der Waals surface area contributed by atoms with Crippen molar-refractivity contribution in [3.8, 4) is 0 Å². The first-order valence-corrected chi connectivity index (χ1v) is 16.1. The van der Waals surface area contributed by atoms with E-state index in [-0.39, 0.29) is 28.1 Å². The Kier molecular flexibility index (Phi) is 7.31. The summed E-state index contributed by atoms with van der Waals surface area (Å²) >= 11 is 0. The molecule has 1 saturated carbocycles. The lowest BCUT2D eigenvalue weighted by atomic mass is 9.71. The van der Waals surface area contributed by atoms with Crippen LogP contribution in [0.15, 0.2) is 90.1 Å². The molecule has 1 N–H and O–H groups in total. The quantitative estimate of drug-likeness (QED) is 0.270. The number of benzene rings is 3. The maximum atomic E-state index is 14.1. The largest absolute Gasteiger partial charge is 0.337 e. The zero-order valence-corrected chi connectivity index (χ0v) is 25.4. The number of imidazole rings is 1. The molecule has 1 aromatic heterocycles. The summed E-state index contributed by atoms with van der Waals surface area (Å²) in [6.07, 6.45) is 5.95. The van der Waals surface area contributed by atoms with Crippen LogP contribution in [0.4, 0.5) is 5.69 Å². The highest BCUT2D eigenvalue weighted by Gasteiger charge is 2.46. The number of nitrogens with one attached hydrogen (secondary N) is 1. The zero-order valence-electron chi connectivity index (χ0n) is 24.6. The van der Waals surface area contributed by atoms with Crippen LogP contribution in [0.25, 0.3) is 0 Å². The van der Waals surface area contributed by atoms with Crippen molar-refractivity contribution in [3.63, 3.8) is 0 Å². The van der Waals surface area contributed by atoms with Crippen LogP contribution in [-0.4, -0.2) is 23.9 Å².